The van der Waals surface area contributed by atoms with Gasteiger partial charge in [-0.2, -0.15) is 5.10 Å². The lowest BCUT2D eigenvalue weighted by Crippen LogP contribution is -2.45. The van der Waals surface area contributed by atoms with Crippen LogP contribution in [-0.4, -0.2) is 64.0 Å². The Balaban J connectivity index is 1.56. The summed E-state index contributed by atoms with van der Waals surface area (Å²) in [6, 6.07) is 6.27. The highest BCUT2D eigenvalue weighted by Gasteiger charge is 2.30. The zero-order valence-corrected chi connectivity index (χ0v) is 18.1. The minimum absolute atomic E-state index is 0.0702. The summed E-state index contributed by atoms with van der Waals surface area (Å²) in [5.74, 6) is 3.08. The average Bonchev–Trinajstić information content (AvgIpc) is 3.07. The number of piperidine rings is 1. The second-order valence-electron chi connectivity index (χ2n) is 9.14. The summed E-state index contributed by atoms with van der Waals surface area (Å²) < 4.78 is 16.8. The van der Waals surface area contributed by atoms with E-state index in [1.807, 2.05) is 30.9 Å². The van der Waals surface area contributed by atoms with E-state index in [-0.39, 0.29) is 5.92 Å². The van der Waals surface area contributed by atoms with Crippen molar-refractivity contribution in [3.8, 4) is 5.82 Å². The molecule has 0 amide bonds. The minimum atomic E-state index is -0.849. The molecule has 2 aromatic heterocycles. The molecule has 30 heavy (non-hydrogen) atoms. The van der Waals surface area contributed by atoms with Gasteiger partial charge in [0.05, 0.1) is 11.7 Å². The first kappa shape index (κ1) is 19.4. The van der Waals surface area contributed by atoms with E-state index in [1.165, 1.54) is 0 Å². The lowest BCUT2D eigenvalue weighted by atomic mass is 9.85. The van der Waals surface area contributed by atoms with Gasteiger partial charge < -0.3 is 9.80 Å². The molecule has 0 saturated carbocycles. The standard InChI is InChI=1S/C23H29FN6/c1-14-11-29(12-14)22-9-23(27-16(3)26-22)30-21-8-19(15(2)7-17(21)10-25-30)18-5-6-28(4)13-20(18)24/h7-10,14,18,20H,5-6,11-13H2,1-4H3/t18-,20-/m0/s1. The third-order valence-electron chi connectivity index (χ3n) is 6.52. The molecule has 4 heterocycles. The van der Waals surface area contributed by atoms with Crippen LogP contribution >= 0.6 is 0 Å². The maximum atomic E-state index is 14.9. The number of fused-ring (bicyclic) bond motifs is 1. The molecule has 2 aliphatic rings. The number of alkyl halides is 1. The largest absolute Gasteiger partial charge is 0.356 e. The summed E-state index contributed by atoms with van der Waals surface area (Å²) in [6.07, 6.45) is 1.86. The van der Waals surface area contributed by atoms with E-state index in [0.29, 0.717) is 12.5 Å². The quantitative estimate of drug-likeness (QED) is 0.662. The van der Waals surface area contributed by atoms with Gasteiger partial charge in [-0.05, 0) is 63.0 Å². The van der Waals surface area contributed by atoms with E-state index >= 15 is 0 Å². The van der Waals surface area contributed by atoms with E-state index in [0.717, 1.165) is 65.5 Å². The molecule has 1 aromatic carbocycles. The van der Waals surface area contributed by atoms with Crippen molar-refractivity contribution in [1.29, 1.82) is 0 Å². The second kappa shape index (κ2) is 7.30. The van der Waals surface area contributed by atoms with Crippen molar-refractivity contribution in [1.82, 2.24) is 24.6 Å². The van der Waals surface area contributed by atoms with Crippen LogP contribution in [0.1, 0.15) is 36.2 Å². The predicted octanol–water partition coefficient (Wildman–Crippen LogP) is 3.65. The van der Waals surface area contributed by atoms with Crippen LogP contribution < -0.4 is 4.90 Å². The molecule has 2 atom stereocenters. The molecule has 2 aliphatic heterocycles. The fourth-order valence-corrected chi connectivity index (χ4v) is 4.89. The van der Waals surface area contributed by atoms with E-state index in [9.17, 15) is 4.39 Å². The van der Waals surface area contributed by atoms with Crippen molar-refractivity contribution < 1.29 is 4.39 Å². The van der Waals surface area contributed by atoms with E-state index in [1.54, 1.807) is 0 Å². The fourth-order valence-electron chi connectivity index (χ4n) is 4.89. The molecule has 5 rings (SSSR count). The fraction of sp³-hybridized carbons (Fsp3) is 0.522. The number of aromatic nitrogens is 4. The normalized spacial score (nSPS) is 23.2. The van der Waals surface area contributed by atoms with E-state index < -0.39 is 6.17 Å². The summed E-state index contributed by atoms with van der Waals surface area (Å²) >= 11 is 0. The topological polar surface area (TPSA) is 50.1 Å². The number of likely N-dealkylation sites (tertiary alicyclic amines) is 1. The molecule has 0 bridgehead atoms. The first-order valence-electron chi connectivity index (χ1n) is 10.8. The van der Waals surface area contributed by atoms with Gasteiger partial charge >= 0.3 is 0 Å². The SMILES string of the molecule is Cc1nc(N2CC(C)C2)cc(-n2ncc3cc(C)c([C@@H]4CCN(C)C[C@@H]4F)cc32)n1. The van der Waals surface area contributed by atoms with E-state index in [2.05, 4.69) is 50.8 Å². The molecule has 7 heteroatoms. The predicted molar refractivity (Wildman–Crippen MR) is 117 cm³/mol. The van der Waals surface area contributed by atoms with Crippen LogP contribution in [0.2, 0.25) is 0 Å². The van der Waals surface area contributed by atoms with Gasteiger partial charge in [-0.15, -0.1) is 0 Å². The second-order valence-corrected chi connectivity index (χ2v) is 9.14. The van der Waals surface area contributed by atoms with Gasteiger partial charge in [-0.3, -0.25) is 0 Å². The van der Waals surface area contributed by atoms with Crippen LogP contribution in [-0.2, 0) is 0 Å². The summed E-state index contributed by atoms with van der Waals surface area (Å²) in [6.45, 7) is 9.70. The maximum absolute atomic E-state index is 14.9. The first-order valence-corrected chi connectivity index (χ1v) is 10.8. The third-order valence-corrected chi connectivity index (χ3v) is 6.52. The van der Waals surface area contributed by atoms with E-state index in [4.69, 9.17) is 0 Å². The molecule has 0 N–H and O–H groups in total. The highest BCUT2D eigenvalue weighted by molar-refractivity contribution is 5.82. The van der Waals surface area contributed by atoms with Crippen molar-refractivity contribution in [2.24, 2.45) is 5.92 Å². The van der Waals surface area contributed by atoms with Crippen LogP contribution in [0.5, 0.6) is 0 Å². The monoisotopic (exact) mass is 408 g/mol. The van der Waals surface area contributed by atoms with Crippen molar-refractivity contribution >= 4 is 16.7 Å². The van der Waals surface area contributed by atoms with Gasteiger partial charge in [0.15, 0.2) is 5.82 Å². The lowest BCUT2D eigenvalue weighted by Gasteiger charge is -2.38. The molecule has 0 radical (unpaired) electrons. The highest BCUT2D eigenvalue weighted by Crippen LogP contribution is 2.35. The molecular formula is C23H29FN6. The summed E-state index contributed by atoms with van der Waals surface area (Å²) in [4.78, 5) is 13.6. The third kappa shape index (κ3) is 3.35. The van der Waals surface area contributed by atoms with Crippen LogP contribution in [0.3, 0.4) is 0 Å². The molecule has 158 valence electrons. The molecule has 2 fully saturated rings. The van der Waals surface area contributed by atoms with Crippen LogP contribution in [0.4, 0.5) is 10.2 Å². The number of anilines is 1. The average molecular weight is 409 g/mol. The van der Waals surface area contributed by atoms with Crippen LogP contribution in [0, 0.1) is 19.8 Å². The number of hydrogen-bond donors (Lipinski definition) is 0. The summed E-state index contributed by atoms with van der Waals surface area (Å²) in [5.41, 5.74) is 3.20. The van der Waals surface area contributed by atoms with Gasteiger partial charge in [0.1, 0.15) is 17.8 Å². The maximum Gasteiger partial charge on any atom is 0.159 e. The minimum Gasteiger partial charge on any atom is -0.356 e. The number of halogens is 1. The number of rotatable bonds is 3. The van der Waals surface area contributed by atoms with Gasteiger partial charge in [-0.25, -0.2) is 19.0 Å². The molecule has 3 aromatic rings. The number of aryl methyl sites for hydroxylation is 2. The molecular weight excluding hydrogens is 379 g/mol. The molecule has 6 nitrogen and oxygen atoms in total. The Morgan fingerprint density at radius 2 is 1.80 bits per heavy atom. The van der Waals surface area contributed by atoms with Crippen molar-refractivity contribution in [2.45, 2.75) is 39.3 Å². The molecule has 0 spiro atoms. The first-order chi connectivity index (χ1) is 14.4. The Hall–Kier alpha value is -2.54. The lowest BCUT2D eigenvalue weighted by molar-refractivity contribution is 0.139. The van der Waals surface area contributed by atoms with Gasteiger partial charge in [0, 0.05) is 37.0 Å². The van der Waals surface area contributed by atoms with Crippen LogP contribution in [0.15, 0.2) is 24.4 Å². The smallest absolute Gasteiger partial charge is 0.159 e. The van der Waals surface area contributed by atoms with Crippen LogP contribution in [0.25, 0.3) is 16.7 Å². The summed E-state index contributed by atoms with van der Waals surface area (Å²) in [7, 11) is 1.99. The zero-order valence-electron chi connectivity index (χ0n) is 18.1. The summed E-state index contributed by atoms with van der Waals surface area (Å²) in [5, 5.41) is 5.68. The zero-order chi connectivity index (χ0) is 21.0. The number of nitrogens with zero attached hydrogens (tertiary/aromatic N) is 6. The van der Waals surface area contributed by atoms with Crippen molar-refractivity contribution in [2.75, 3.05) is 38.1 Å². The highest BCUT2D eigenvalue weighted by atomic mass is 19.1. The molecule has 0 unspecified atom stereocenters. The Morgan fingerprint density at radius 1 is 1.03 bits per heavy atom. The van der Waals surface area contributed by atoms with Gasteiger partial charge in [-0.1, -0.05) is 6.92 Å². The molecule has 2 saturated heterocycles. The Labute approximate surface area is 176 Å². The number of benzene rings is 1. The van der Waals surface area contributed by atoms with Crippen molar-refractivity contribution in [3.63, 3.8) is 0 Å². The van der Waals surface area contributed by atoms with Crippen molar-refractivity contribution in [3.05, 3.63) is 41.3 Å². The Kier molecular flexibility index (Phi) is 4.73. The number of hydrogen-bond acceptors (Lipinski definition) is 5. The Bertz CT molecular complexity index is 1090. The Morgan fingerprint density at radius 3 is 2.53 bits per heavy atom. The molecule has 0 aliphatic carbocycles. The van der Waals surface area contributed by atoms with Gasteiger partial charge in [0.2, 0.25) is 0 Å². The van der Waals surface area contributed by atoms with Gasteiger partial charge in [0.25, 0.3) is 0 Å².